The molecule has 20 heavy (non-hydrogen) atoms. The van der Waals surface area contributed by atoms with Crippen LogP contribution in [0.15, 0.2) is 23.1 Å². The fourth-order valence-corrected chi connectivity index (χ4v) is 2.84. The molecule has 0 heterocycles. The lowest BCUT2D eigenvalue weighted by atomic mass is 10.2. The molecule has 0 aliphatic rings. The van der Waals surface area contributed by atoms with Gasteiger partial charge in [-0.1, -0.05) is 6.07 Å². The number of nitrogens with zero attached hydrogens (tertiary/aromatic N) is 1. The Bertz CT molecular complexity index is 600. The van der Waals surface area contributed by atoms with E-state index in [0.717, 1.165) is 4.31 Å². The number of sulfonamides is 1. The third kappa shape index (κ3) is 3.71. The summed E-state index contributed by atoms with van der Waals surface area (Å²) < 4.78 is 36.7. The molecule has 0 aromatic heterocycles. The van der Waals surface area contributed by atoms with E-state index < -0.39 is 20.8 Å². The average molecular weight is 319 g/mol. The first-order chi connectivity index (χ1) is 9.17. The van der Waals surface area contributed by atoms with Crippen molar-refractivity contribution in [2.45, 2.75) is 17.1 Å². The number of para-hydroxylation sites is 1. The van der Waals surface area contributed by atoms with Crippen LogP contribution in [-0.4, -0.2) is 49.1 Å². The first kappa shape index (κ1) is 16.9. The largest absolute Gasteiger partial charge is 0.396 e. The summed E-state index contributed by atoms with van der Waals surface area (Å²) >= 11 is 0. The standard InChI is InChI=1S/C12H21N3O3S2/c1-9(19(4)16)8-14-10-6-5-7-11(12(10)13)20(17,18)15(2)3/h5-7,9,14H,8,13H2,1-4H3. The summed E-state index contributed by atoms with van der Waals surface area (Å²) in [7, 11) is -1.62. The van der Waals surface area contributed by atoms with Gasteiger partial charge in [-0.15, -0.1) is 0 Å². The molecule has 6 nitrogen and oxygen atoms in total. The number of hydrogen-bond acceptors (Lipinski definition) is 5. The number of nitrogens with two attached hydrogens (primary N) is 1. The Morgan fingerprint density at radius 3 is 2.50 bits per heavy atom. The average Bonchev–Trinajstić information content (AvgIpc) is 2.36. The highest BCUT2D eigenvalue weighted by molar-refractivity contribution is 7.89. The van der Waals surface area contributed by atoms with Crippen LogP contribution in [0.3, 0.4) is 0 Å². The predicted octanol–water partition coefficient (Wildman–Crippen LogP) is 0.698. The number of benzene rings is 1. The Hall–Kier alpha value is -1.12. The maximum absolute atomic E-state index is 12.1. The molecule has 114 valence electrons. The molecule has 0 radical (unpaired) electrons. The van der Waals surface area contributed by atoms with Crippen LogP contribution in [0.5, 0.6) is 0 Å². The van der Waals surface area contributed by atoms with Crippen molar-refractivity contribution in [3.05, 3.63) is 18.2 Å². The van der Waals surface area contributed by atoms with Crippen molar-refractivity contribution in [2.75, 3.05) is 37.9 Å². The Kier molecular flexibility index (Phi) is 5.55. The zero-order valence-electron chi connectivity index (χ0n) is 12.1. The van der Waals surface area contributed by atoms with E-state index in [4.69, 9.17) is 5.73 Å². The Labute approximate surface area is 122 Å². The van der Waals surface area contributed by atoms with E-state index in [2.05, 4.69) is 5.32 Å². The molecule has 1 rings (SSSR count). The third-order valence-electron chi connectivity index (χ3n) is 2.97. The van der Waals surface area contributed by atoms with Gasteiger partial charge in [-0.3, -0.25) is 4.21 Å². The molecule has 0 amide bonds. The van der Waals surface area contributed by atoms with E-state index in [1.165, 1.54) is 20.2 Å². The second-order valence-electron chi connectivity index (χ2n) is 4.69. The van der Waals surface area contributed by atoms with Gasteiger partial charge in [0.25, 0.3) is 0 Å². The summed E-state index contributed by atoms with van der Waals surface area (Å²) in [6.07, 6.45) is 1.63. The van der Waals surface area contributed by atoms with E-state index in [1.807, 2.05) is 6.92 Å². The molecule has 0 bridgehead atoms. The molecule has 0 fully saturated rings. The lowest BCUT2D eigenvalue weighted by molar-refractivity contribution is 0.521. The Morgan fingerprint density at radius 1 is 1.40 bits per heavy atom. The predicted molar refractivity (Wildman–Crippen MR) is 83.7 cm³/mol. The summed E-state index contributed by atoms with van der Waals surface area (Å²) in [6.45, 7) is 2.30. The molecule has 0 aliphatic carbocycles. The summed E-state index contributed by atoms with van der Waals surface area (Å²) in [5, 5.41) is 2.99. The van der Waals surface area contributed by atoms with Crippen molar-refractivity contribution in [1.29, 1.82) is 0 Å². The quantitative estimate of drug-likeness (QED) is 0.753. The van der Waals surface area contributed by atoms with Crippen molar-refractivity contribution in [2.24, 2.45) is 0 Å². The van der Waals surface area contributed by atoms with Crippen molar-refractivity contribution < 1.29 is 12.6 Å². The minimum atomic E-state index is -3.58. The highest BCUT2D eigenvalue weighted by Gasteiger charge is 2.21. The highest BCUT2D eigenvalue weighted by Crippen LogP contribution is 2.28. The van der Waals surface area contributed by atoms with Crippen LogP contribution in [-0.2, 0) is 20.8 Å². The summed E-state index contributed by atoms with van der Waals surface area (Å²) in [6, 6.07) is 4.80. The highest BCUT2D eigenvalue weighted by atomic mass is 32.2. The van der Waals surface area contributed by atoms with Crippen LogP contribution >= 0.6 is 0 Å². The van der Waals surface area contributed by atoms with Crippen molar-refractivity contribution >= 4 is 32.2 Å². The molecule has 0 spiro atoms. The van der Waals surface area contributed by atoms with Gasteiger partial charge in [-0.25, -0.2) is 12.7 Å². The molecule has 0 aliphatic heterocycles. The van der Waals surface area contributed by atoms with E-state index in [0.29, 0.717) is 12.2 Å². The van der Waals surface area contributed by atoms with Gasteiger partial charge in [-0.2, -0.15) is 0 Å². The van der Waals surface area contributed by atoms with Gasteiger partial charge in [0.1, 0.15) is 4.90 Å². The van der Waals surface area contributed by atoms with E-state index in [1.54, 1.807) is 18.4 Å². The van der Waals surface area contributed by atoms with Crippen molar-refractivity contribution in [1.82, 2.24) is 4.31 Å². The second-order valence-corrected chi connectivity index (χ2v) is 8.62. The first-order valence-corrected chi connectivity index (χ1v) is 9.11. The van der Waals surface area contributed by atoms with Crippen LogP contribution < -0.4 is 11.1 Å². The molecule has 1 aromatic carbocycles. The third-order valence-corrected chi connectivity index (χ3v) is 6.14. The van der Waals surface area contributed by atoms with Gasteiger partial charge in [-0.05, 0) is 19.1 Å². The fraction of sp³-hybridized carbons (Fsp3) is 0.500. The summed E-state index contributed by atoms with van der Waals surface area (Å²) in [5.41, 5.74) is 6.63. The second kappa shape index (κ2) is 6.55. The van der Waals surface area contributed by atoms with Gasteiger partial charge < -0.3 is 11.1 Å². The number of rotatable bonds is 6. The monoisotopic (exact) mass is 319 g/mol. The molecule has 1 aromatic rings. The number of anilines is 2. The van der Waals surface area contributed by atoms with Crippen LogP contribution in [0.2, 0.25) is 0 Å². The van der Waals surface area contributed by atoms with Crippen LogP contribution in [0.25, 0.3) is 0 Å². The van der Waals surface area contributed by atoms with Crippen molar-refractivity contribution in [3.8, 4) is 0 Å². The fourth-order valence-electron chi connectivity index (χ4n) is 1.49. The molecular formula is C12H21N3O3S2. The minimum Gasteiger partial charge on any atom is -0.396 e. The SMILES string of the molecule is CC(CNc1cccc(S(=O)(=O)N(C)C)c1N)S(C)=O. The molecule has 2 atom stereocenters. The van der Waals surface area contributed by atoms with Gasteiger partial charge in [0.2, 0.25) is 10.0 Å². The zero-order valence-corrected chi connectivity index (χ0v) is 13.7. The lowest BCUT2D eigenvalue weighted by Crippen LogP contribution is -2.24. The summed E-state index contributed by atoms with van der Waals surface area (Å²) in [4.78, 5) is 0.0674. The van der Waals surface area contributed by atoms with Crippen LogP contribution in [0.4, 0.5) is 11.4 Å². The molecule has 0 saturated carbocycles. The Morgan fingerprint density at radius 2 is 2.00 bits per heavy atom. The number of hydrogen-bond donors (Lipinski definition) is 2. The first-order valence-electron chi connectivity index (χ1n) is 6.05. The normalized spacial score (nSPS) is 15.1. The van der Waals surface area contributed by atoms with E-state index in [9.17, 15) is 12.6 Å². The zero-order chi connectivity index (χ0) is 15.5. The van der Waals surface area contributed by atoms with E-state index in [-0.39, 0.29) is 15.8 Å². The van der Waals surface area contributed by atoms with Gasteiger partial charge >= 0.3 is 0 Å². The maximum atomic E-state index is 12.1. The van der Waals surface area contributed by atoms with Crippen LogP contribution in [0, 0.1) is 0 Å². The summed E-state index contributed by atoms with van der Waals surface area (Å²) in [5.74, 6) is 0. The lowest BCUT2D eigenvalue weighted by Gasteiger charge is -2.17. The number of nitrogens with one attached hydrogen (secondary N) is 1. The smallest absolute Gasteiger partial charge is 0.244 e. The topological polar surface area (TPSA) is 92.5 Å². The molecule has 2 unspecified atom stereocenters. The molecular weight excluding hydrogens is 298 g/mol. The minimum absolute atomic E-state index is 0.0523. The Balaban J connectivity index is 3.06. The maximum Gasteiger partial charge on any atom is 0.244 e. The van der Waals surface area contributed by atoms with Gasteiger partial charge in [0.15, 0.2) is 0 Å². The molecule has 0 saturated heterocycles. The van der Waals surface area contributed by atoms with Crippen molar-refractivity contribution in [3.63, 3.8) is 0 Å². The number of nitrogen functional groups attached to an aromatic ring is 1. The van der Waals surface area contributed by atoms with E-state index >= 15 is 0 Å². The van der Waals surface area contributed by atoms with Gasteiger partial charge in [0.05, 0.1) is 11.4 Å². The van der Waals surface area contributed by atoms with Crippen LogP contribution in [0.1, 0.15) is 6.92 Å². The molecule has 3 N–H and O–H groups in total. The van der Waals surface area contributed by atoms with Gasteiger partial charge in [0, 0.05) is 42.9 Å². The molecule has 8 heteroatoms.